The Labute approximate surface area is 161 Å². The lowest BCUT2D eigenvalue weighted by Crippen LogP contribution is -2.15. The second-order valence-corrected chi connectivity index (χ2v) is 9.18. The van der Waals surface area contributed by atoms with Crippen LogP contribution in [0.3, 0.4) is 0 Å². The molecule has 0 spiro atoms. The molecule has 1 aliphatic rings. The Balaban J connectivity index is 1.85. The molecule has 9 heteroatoms. The van der Waals surface area contributed by atoms with Gasteiger partial charge >= 0.3 is 5.97 Å². The molecule has 0 fully saturated rings. The first kappa shape index (κ1) is 19.2. The molecule has 2 aromatic carbocycles. The summed E-state index contributed by atoms with van der Waals surface area (Å²) in [6.07, 6.45) is 0.367. The zero-order valence-electron chi connectivity index (χ0n) is 14.7. The van der Waals surface area contributed by atoms with Gasteiger partial charge in [0.1, 0.15) is 0 Å². The van der Waals surface area contributed by atoms with Gasteiger partial charge in [-0.2, -0.15) is 0 Å². The molecule has 0 aliphatic carbocycles. The third kappa shape index (κ3) is 4.42. The van der Waals surface area contributed by atoms with Crippen LogP contribution in [0.2, 0.25) is 0 Å². The SMILES string of the molecule is COC(=O)c1ccc(NS(=O)(=O)c2ccc3c(c2)NC(=O)C[C@H](C)S3)cc1. The van der Waals surface area contributed by atoms with Gasteiger partial charge in [0, 0.05) is 22.3 Å². The molecule has 2 N–H and O–H groups in total. The summed E-state index contributed by atoms with van der Waals surface area (Å²) in [6.45, 7) is 1.95. The number of amides is 1. The van der Waals surface area contributed by atoms with Crippen molar-refractivity contribution >= 4 is 45.0 Å². The van der Waals surface area contributed by atoms with Crippen LogP contribution in [0.5, 0.6) is 0 Å². The van der Waals surface area contributed by atoms with Gasteiger partial charge in [-0.15, -0.1) is 11.8 Å². The van der Waals surface area contributed by atoms with E-state index >= 15 is 0 Å². The van der Waals surface area contributed by atoms with Crippen LogP contribution >= 0.6 is 11.8 Å². The number of benzene rings is 2. The monoisotopic (exact) mass is 406 g/mol. The third-order valence-electron chi connectivity index (χ3n) is 3.89. The van der Waals surface area contributed by atoms with Crippen molar-refractivity contribution in [3.63, 3.8) is 0 Å². The number of anilines is 2. The molecule has 0 aromatic heterocycles. The Hall–Kier alpha value is -2.52. The predicted molar refractivity (Wildman–Crippen MR) is 104 cm³/mol. The highest BCUT2D eigenvalue weighted by Crippen LogP contribution is 2.36. The number of rotatable bonds is 4. The molecular formula is C18H18N2O5S2. The van der Waals surface area contributed by atoms with E-state index in [1.54, 1.807) is 6.07 Å². The van der Waals surface area contributed by atoms with E-state index in [1.165, 1.54) is 55.3 Å². The van der Waals surface area contributed by atoms with Gasteiger partial charge in [0.05, 0.1) is 23.3 Å². The Morgan fingerprint density at radius 2 is 1.93 bits per heavy atom. The topological polar surface area (TPSA) is 102 Å². The summed E-state index contributed by atoms with van der Waals surface area (Å²) in [7, 11) is -2.58. The van der Waals surface area contributed by atoms with E-state index in [0.717, 1.165) is 4.90 Å². The van der Waals surface area contributed by atoms with Crippen molar-refractivity contribution in [2.24, 2.45) is 0 Å². The molecule has 7 nitrogen and oxygen atoms in total. The smallest absolute Gasteiger partial charge is 0.337 e. The van der Waals surface area contributed by atoms with Gasteiger partial charge in [-0.05, 0) is 42.5 Å². The molecule has 142 valence electrons. The van der Waals surface area contributed by atoms with Gasteiger partial charge in [0.25, 0.3) is 10.0 Å². The van der Waals surface area contributed by atoms with Gasteiger partial charge in [-0.1, -0.05) is 6.92 Å². The lowest BCUT2D eigenvalue weighted by atomic mass is 10.2. The number of hydrogen-bond acceptors (Lipinski definition) is 6. The van der Waals surface area contributed by atoms with Crippen molar-refractivity contribution in [1.29, 1.82) is 0 Å². The minimum Gasteiger partial charge on any atom is -0.465 e. The fourth-order valence-electron chi connectivity index (χ4n) is 2.60. The molecule has 0 saturated heterocycles. The Bertz CT molecular complexity index is 987. The van der Waals surface area contributed by atoms with E-state index < -0.39 is 16.0 Å². The number of carbonyl (C=O) groups is 2. The minimum absolute atomic E-state index is 0.0359. The highest BCUT2D eigenvalue weighted by molar-refractivity contribution is 8.00. The van der Waals surface area contributed by atoms with Crippen molar-refractivity contribution in [3.8, 4) is 0 Å². The number of methoxy groups -OCH3 is 1. The molecule has 0 radical (unpaired) electrons. The number of hydrogen-bond donors (Lipinski definition) is 2. The Morgan fingerprint density at radius 3 is 2.59 bits per heavy atom. The maximum absolute atomic E-state index is 12.7. The lowest BCUT2D eigenvalue weighted by molar-refractivity contribution is -0.116. The number of thioether (sulfide) groups is 1. The first-order chi connectivity index (χ1) is 12.8. The van der Waals surface area contributed by atoms with E-state index in [1.807, 2.05) is 6.92 Å². The average Bonchev–Trinajstić information content (AvgIpc) is 2.76. The van der Waals surface area contributed by atoms with Crippen molar-refractivity contribution in [1.82, 2.24) is 0 Å². The van der Waals surface area contributed by atoms with Crippen LogP contribution in [0.1, 0.15) is 23.7 Å². The third-order valence-corrected chi connectivity index (χ3v) is 6.45. The van der Waals surface area contributed by atoms with Crippen LogP contribution < -0.4 is 10.0 Å². The van der Waals surface area contributed by atoms with Crippen LogP contribution in [-0.2, 0) is 19.6 Å². The van der Waals surface area contributed by atoms with Crippen molar-refractivity contribution in [2.75, 3.05) is 17.1 Å². The van der Waals surface area contributed by atoms with Crippen LogP contribution in [-0.4, -0.2) is 32.7 Å². The first-order valence-electron chi connectivity index (χ1n) is 8.10. The summed E-state index contributed by atoms with van der Waals surface area (Å²) in [5, 5.41) is 2.86. The molecule has 1 amide bonds. The van der Waals surface area contributed by atoms with E-state index in [0.29, 0.717) is 23.4 Å². The average molecular weight is 406 g/mol. The van der Waals surface area contributed by atoms with Gasteiger partial charge in [-0.25, -0.2) is 13.2 Å². The second-order valence-electron chi connectivity index (χ2n) is 6.01. The fourth-order valence-corrected chi connectivity index (χ4v) is 4.74. The summed E-state index contributed by atoms with van der Waals surface area (Å²) in [5.41, 5.74) is 1.11. The van der Waals surface area contributed by atoms with E-state index in [9.17, 15) is 18.0 Å². The van der Waals surface area contributed by atoms with Crippen LogP contribution in [0.25, 0.3) is 0 Å². The summed E-state index contributed by atoms with van der Waals surface area (Å²) in [4.78, 5) is 24.2. The van der Waals surface area contributed by atoms with Crippen LogP contribution in [0, 0.1) is 0 Å². The fraction of sp³-hybridized carbons (Fsp3) is 0.222. The Kier molecular flexibility index (Phi) is 5.43. The first-order valence-corrected chi connectivity index (χ1v) is 10.5. The molecule has 0 saturated carbocycles. The van der Waals surface area contributed by atoms with Crippen molar-refractivity contribution < 1.29 is 22.7 Å². The highest BCUT2D eigenvalue weighted by atomic mass is 32.2. The standard InChI is InChI=1S/C18H18N2O5S2/c1-11-9-17(21)19-15-10-14(7-8-16(15)26-11)27(23,24)20-13-5-3-12(4-6-13)18(22)25-2/h3-8,10-11,20H,9H2,1-2H3,(H,19,21)/t11-/m0/s1. The normalized spacial score (nSPS) is 16.7. The molecular weight excluding hydrogens is 388 g/mol. The van der Waals surface area contributed by atoms with E-state index in [4.69, 9.17) is 0 Å². The van der Waals surface area contributed by atoms with Gasteiger partial charge in [-0.3, -0.25) is 9.52 Å². The summed E-state index contributed by atoms with van der Waals surface area (Å²) in [6, 6.07) is 10.5. The van der Waals surface area contributed by atoms with Gasteiger partial charge in [0.15, 0.2) is 0 Å². The summed E-state index contributed by atoms with van der Waals surface area (Å²) in [5.74, 6) is -0.646. The minimum atomic E-state index is -3.86. The van der Waals surface area contributed by atoms with E-state index in [-0.39, 0.29) is 16.1 Å². The summed E-state index contributed by atoms with van der Waals surface area (Å²) < 4.78 is 32.4. The number of ether oxygens (including phenoxy) is 1. The highest BCUT2D eigenvalue weighted by Gasteiger charge is 2.22. The predicted octanol–water partition coefficient (Wildman–Crippen LogP) is 3.10. The molecule has 3 rings (SSSR count). The molecule has 27 heavy (non-hydrogen) atoms. The van der Waals surface area contributed by atoms with Gasteiger partial charge < -0.3 is 10.1 Å². The maximum Gasteiger partial charge on any atom is 0.337 e. The number of nitrogens with one attached hydrogen (secondary N) is 2. The second kappa shape index (κ2) is 7.61. The maximum atomic E-state index is 12.7. The van der Waals surface area contributed by atoms with Crippen molar-refractivity contribution in [2.45, 2.75) is 28.4 Å². The molecule has 1 heterocycles. The number of sulfonamides is 1. The molecule has 0 bridgehead atoms. The lowest BCUT2D eigenvalue weighted by Gasteiger charge is -2.12. The molecule has 2 aromatic rings. The Morgan fingerprint density at radius 1 is 1.22 bits per heavy atom. The zero-order valence-corrected chi connectivity index (χ0v) is 16.3. The molecule has 1 aliphatic heterocycles. The number of carbonyl (C=O) groups excluding carboxylic acids is 2. The van der Waals surface area contributed by atoms with Crippen LogP contribution in [0.15, 0.2) is 52.3 Å². The molecule has 1 atom stereocenters. The van der Waals surface area contributed by atoms with Gasteiger partial charge in [0.2, 0.25) is 5.91 Å². The molecule has 0 unspecified atom stereocenters. The number of fused-ring (bicyclic) bond motifs is 1. The summed E-state index contributed by atoms with van der Waals surface area (Å²) >= 11 is 1.52. The number of esters is 1. The van der Waals surface area contributed by atoms with Crippen molar-refractivity contribution in [3.05, 3.63) is 48.0 Å². The van der Waals surface area contributed by atoms with Crippen LogP contribution in [0.4, 0.5) is 11.4 Å². The zero-order chi connectivity index (χ0) is 19.6. The van der Waals surface area contributed by atoms with E-state index in [2.05, 4.69) is 14.8 Å². The quantitative estimate of drug-likeness (QED) is 0.757. The largest absolute Gasteiger partial charge is 0.465 e.